The zero-order valence-corrected chi connectivity index (χ0v) is 17.3. The number of benzene rings is 2. The van der Waals surface area contributed by atoms with Crippen LogP contribution in [0, 0.1) is 0 Å². The second-order valence-corrected chi connectivity index (χ2v) is 7.35. The van der Waals surface area contributed by atoms with Crippen LogP contribution in [0.2, 0.25) is 0 Å². The molecule has 0 heterocycles. The second-order valence-electron chi connectivity index (χ2n) is 7.35. The summed E-state index contributed by atoms with van der Waals surface area (Å²) in [7, 11) is 0. The van der Waals surface area contributed by atoms with Crippen molar-refractivity contribution in [3.05, 3.63) is 70.8 Å². The van der Waals surface area contributed by atoms with Gasteiger partial charge < -0.3 is 9.84 Å². The number of unbranched alkanes of at least 4 members (excludes halogenated alkanes) is 5. The third-order valence-corrected chi connectivity index (χ3v) is 5.10. The molecule has 1 N–H and O–H groups in total. The molecule has 0 aromatic heterocycles. The van der Waals surface area contributed by atoms with Gasteiger partial charge in [0.2, 0.25) is 0 Å². The molecule has 0 unspecified atom stereocenters. The van der Waals surface area contributed by atoms with Crippen molar-refractivity contribution in [3.8, 4) is 0 Å². The van der Waals surface area contributed by atoms with E-state index in [4.69, 9.17) is 4.74 Å². The fraction of sp³-hybridized carbons (Fsp3) is 0.320. The highest BCUT2D eigenvalue weighted by molar-refractivity contribution is 6.30. The Labute approximate surface area is 177 Å². The molecule has 156 valence electrons. The number of esters is 1. The van der Waals surface area contributed by atoms with Crippen LogP contribution in [0.5, 0.6) is 0 Å². The number of nitrogens with zero attached hydrogens (tertiary/aromatic N) is 1. The van der Waals surface area contributed by atoms with Crippen LogP contribution in [0.1, 0.15) is 71.7 Å². The number of fused-ring (bicyclic) bond motifs is 1. The summed E-state index contributed by atoms with van der Waals surface area (Å²) in [5.74, 6) is -0.656. The largest absolute Gasteiger partial charge is 0.506 e. The highest BCUT2D eigenvalue weighted by Gasteiger charge is 2.27. The van der Waals surface area contributed by atoms with Crippen LogP contribution in [-0.2, 0) is 4.74 Å². The average Bonchev–Trinajstić information content (AvgIpc) is 3.02. The Balaban J connectivity index is 1.52. The Morgan fingerprint density at radius 1 is 0.967 bits per heavy atom. The summed E-state index contributed by atoms with van der Waals surface area (Å²) >= 11 is 0. The molecule has 0 amide bonds. The number of carbonyl (C=O) groups is 2. The molecule has 0 atom stereocenters. The van der Waals surface area contributed by atoms with Crippen LogP contribution in [-0.4, -0.2) is 29.7 Å². The lowest BCUT2D eigenvalue weighted by Gasteiger charge is -2.05. The Bertz CT molecular complexity index is 957. The van der Waals surface area contributed by atoms with E-state index in [-0.39, 0.29) is 23.1 Å². The second kappa shape index (κ2) is 10.5. The van der Waals surface area contributed by atoms with E-state index < -0.39 is 0 Å². The first kappa shape index (κ1) is 21.5. The van der Waals surface area contributed by atoms with E-state index in [2.05, 4.69) is 11.9 Å². The number of hydrogen-bond donors (Lipinski definition) is 1. The molecule has 0 spiro atoms. The van der Waals surface area contributed by atoms with Gasteiger partial charge in [-0.25, -0.2) is 4.79 Å². The van der Waals surface area contributed by atoms with E-state index in [0.717, 1.165) is 12.8 Å². The van der Waals surface area contributed by atoms with Crippen molar-refractivity contribution in [1.82, 2.24) is 0 Å². The molecule has 5 nitrogen and oxygen atoms in total. The third kappa shape index (κ3) is 5.23. The first-order chi connectivity index (χ1) is 14.6. The van der Waals surface area contributed by atoms with E-state index in [1.807, 2.05) is 0 Å². The van der Waals surface area contributed by atoms with Crippen LogP contribution in [0.15, 0.2) is 59.1 Å². The number of ketones is 1. The van der Waals surface area contributed by atoms with E-state index in [9.17, 15) is 14.7 Å². The Morgan fingerprint density at radius 2 is 1.63 bits per heavy atom. The van der Waals surface area contributed by atoms with E-state index >= 15 is 0 Å². The molecule has 1 aliphatic rings. The number of ether oxygens (including phenoxy) is 1. The molecule has 2 aromatic carbocycles. The molecular weight excluding hydrogens is 378 g/mol. The summed E-state index contributed by atoms with van der Waals surface area (Å²) in [5, 5.41) is 10.3. The van der Waals surface area contributed by atoms with Crippen molar-refractivity contribution < 1.29 is 19.4 Å². The predicted octanol–water partition coefficient (Wildman–Crippen LogP) is 6.07. The number of rotatable bonds is 10. The van der Waals surface area contributed by atoms with Crippen molar-refractivity contribution in [2.75, 3.05) is 6.61 Å². The Hall–Kier alpha value is -3.21. The van der Waals surface area contributed by atoms with Crippen LogP contribution < -0.4 is 0 Å². The first-order valence-electron chi connectivity index (χ1n) is 10.5. The minimum Gasteiger partial charge on any atom is -0.506 e. The molecule has 2 aromatic rings. The highest BCUT2D eigenvalue weighted by atomic mass is 16.5. The van der Waals surface area contributed by atoms with Crippen LogP contribution >= 0.6 is 0 Å². The van der Waals surface area contributed by atoms with Gasteiger partial charge in [-0.3, -0.25) is 9.79 Å². The average molecular weight is 405 g/mol. The normalized spacial score (nSPS) is 13.2. The smallest absolute Gasteiger partial charge is 0.338 e. The summed E-state index contributed by atoms with van der Waals surface area (Å²) < 4.78 is 5.32. The minimum atomic E-state index is -0.346. The summed E-state index contributed by atoms with van der Waals surface area (Å²) in [6.07, 6.45) is 8.21. The molecule has 1 aliphatic carbocycles. The topological polar surface area (TPSA) is 76.0 Å². The molecule has 0 bridgehead atoms. The lowest BCUT2D eigenvalue weighted by Crippen LogP contribution is -2.06. The van der Waals surface area contributed by atoms with Gasteiger partial charge in [-0.15, -0.1) is 0 Å². The van der Waals surface area contributed by atoms with Gasteiger partial charge >= 0.3 is 5.97 Å². The molecule has 0 saturated carbocycles. The number of Topliss-reactive ketones (excluding diaryl/α,β-unsaturated/α-hetero) is 1. The fourth-order valence-electron chi connectivity index (χ4n) is 3.36. The van der Waals surface area contributed by atoms with Gasteiger partial charge in [0.15, 0.2) is 5.78 Å². The van der Waals surface area contributed by atoms with E-state index in [1.54, 1.807) is 48.5 Å². The summed E-state index contributed by atoms with van der Waals surface area (Å²) in [6, 6.07) is 13.6. The van der Waals surface area contributed by atoms with Crippen LogP contribution in [0.25, 0.3) is 5.76 Å². The number of aliphatic hydroxyl groups excluding tert-OH is 1. The van der Waals surface area contributed by atoms with Crippen LogP contribution in [0.4, 0.5) is 5.69 Å². The third-order valence-electron chi connectivity index (χ3n) is 5.10. The quantitative estimate of drug-likeness (QED) is 0.296. The molecule has 0 saturated heterocycles. The molecule has 30 heavy (non-hydrogen) atoms. The van der Waals surface area contributed by atoms with Crippen molar-refractivity contribution in [2.45, 2.75) is 45.4 Å². The number of aliphatic hydroxyl groups is 1. The van der Waals surface area contributed by atoms with Crippen molar-refractivity contribution >= 4 is 29.4 Å². The molecule has 0 fully saturated rings. The molecule has 5 heteroatoms. The number of aliphatic imine (C=N–C) groups is 1. The van der Waals surface area contributed by atoms with Crippen LogP contribution in [0.3, 0.4) is 0 Å². The monoisotopic (exact) mass is 405 g/mol. The lowest BCUT2D eigenvalue weighted by molar-refractivity contribution is 0.0497. The standard InChI is InChI=1S/C25H27NO4/c1-2-3-4-5-6-9-16-30-25(29)18-12-14-19(15-13-18)26-17-22-23(27)20-10-7-8-11-21(20)24(22)28/h7-8,10-15,17,27H,2-6,9,16H2,1H3. The SMILES string of the molecule is CCCCCCCCOC(=O)c1ccc(N=CC2=C(O)c3ccccc3C2=O)cc1. The maximum Gasteiger partial charge on any atom is 0.338 e. The number of allylic oxidation sites excluding steroid dienone is 1. The summed E-state index contributed by atoms with van der Waals surface area (Å²) in [5.41, 5.74) is 2.20. The van der Waals surface area contributed by atoms with Gasteiger partial charge in [-0.2, -0.15) is 0 Å². The molecular formula is C25H27NO4. The molecule has 0 aliphatic heterocycles. The zero-order valence-electron chi connectivity index (χ0n) is 17.3. The molecule has 3 rings (SSSR count). The van der Waals surface area contributed by atoms with Crippen molar-refractivity contribution in [3.63, 3.8) is 0 Å². The summed E-state index contributed by atoms with van der Waals surface area (Å²) in [4.78, 5) is 28.8. The number of carbonyl (C=O) groups excluding carboxylic acids is 2. The van der Waals surface area contributed by atoms with E-state index in [0.29, 0.717) is 29.0 Å². The zero-order chi connectivity index (χ0) is 21.3. The van der Waals surface area contributed by atoms with Gasteiger partial charge in [0.05, 0.1) is 23.4 Å². The summed E-state index contributed by atoms with van der Waals surface area (Å²) in [6.45, 7) is 2.62. The number of hydrogen-bond acceptors (Lipinski definition) is 5. The van der Waals surface area contributed by atoms with Crippen molar-refractivity contribution in [2.24, 2.45) is 4.99 Å². The Morgan fingerprint density at radius 3 is 2.33 bits per heavy atom. The lowest BCUT2D eigenvalue weighted by atomic mass is 10.1. The maximum atomic E-state index is 12.4. The van der Waals surface area contributed by atoms with Gasteiger partial charge in [0.1, 0.15) is 5.76 Å². The fourth-order valence-corrected chi connectivity index (χ4v) is 3.36. The van der Waals surface area contributed by atoms with Gasteiger partial charge in [0, 0.05) is 17.3 Å². The minimum absolute atomic E-state index is 0.0609. The predicted molar refractivity (Wildman–Crippen MR) is 119 cm³/mol. The molecule has 0 radical (unpaired) electrons. The van der Waals surface area contributed by atoms with Gasteiger partial charge in [0.25, 0.3) is 0 Å². The van der Waals surface area contributed by atoms with Gasteiger partial charge in [-0.05, 0) is 30.7 Å². The highest BCUT2D eigenvalue weighted by Crippen LogP contribution is 2.30. The van der Waals surface area contributed by atoms with Crippen molar-refractivity contribution in [1.29, 1.82) is 0 Å². The maximum absolute atomic E-state index is 12.4. The Kier molecular flexibility index (Phi) is 7.55. The van der Waals surface area contributed by atoms with E-state index in [1.165, 1.54) is 31.9 Å². The first-order valence-corrected chi connectivity index (χ1v) is 10.5. The van der Waals surface area contributed by atoms with Gasteiger partial charge in [-0.1, -0.05) is 63.3 Å².